The molecule has 164 valence electrons. The summed E-state index contributed by atoms with van der Waals surface area (Å²) in [6.45, 7) is 0.322. The molecule has 0 aliphatic carbocycles. The van der Waals surface area contributed by atoms with Crippen molar-refractivity contribution in [3.63, 3.8) is 0 Å². The number of benzene rings is 3. The minimum Gasteiger partial charge on any atom is -0.493 e. The maximum absolute atomic E-state index is 11.0. The molecule has 2 unspecified atom stereocenters. The second-order valence-corrected chi connectivity index (χ2v) is 7.26. The number of ether oxygens (including phenoxy) is 3. The first-order valence-electron chi connectivity index (χ1n) is 9.79. The molecule has 3 aromatic rings. The Morgan fingerprint density at radius 2 is 1.50 bits per heavy atom. The first-order valence-corrected chi connectivity index (χ1v) is 9.79. The molecule has 0 fully saturated rings. The van der Waals surface area contributed by atoms with Gasteiger partial charge in [-0.1, -0.05) is 18.2 Å². The standard InChI is InChI=1S/C23H21N3O6/c1-29-20-9-14(10-21(30-2)23(20)32-24)18-12-31-19-11-16(26-28)7-8-17(19)22(18)13-3-5-15(25-27)6-4-13/h3-11,18,22H,12,24H2,1-2H3. The zero-order chi connectivity index (χ0) is 22.7. The van der Waals surface area contributed by atoms with Crippen molar-refractivity contribution in [3.05, 3.63) is 81.1 Å². The van der Waals surface area contributed by atoms with E-state index in [-0.39, 0.29) is 23.3 Å². The molecule has 32 heavy (non-hydrogen) atoms. The minimum absolute atomic E-state index is 0.151. The number of nitrogens with zero attached hydrogens (tertiary/aromatic N) is 2. The van der Waals surface area contributed by atoms with E-state index in [9.17, 15) is 9.81 Å². The molecule has 0 amide bonds. The Labute approximate surface area is 184 Å². The normalized spacial score (nSPS) is 17.0. The van der Waals surface area contributed by atoms with Gasteiger partial charge >= 0.3 is 0 Å². The Morgan fingerprint density at radius 3 is 2.06 bits per heavy atom. The van der Waals surface area contributed by atoms with Gasteiger partial charge in [-0.2, -0.15) is 5.90 Å². The summed E-state index contributed by atoms with van der Waals surface area (Å²) in [6.07, 6.45) is 0. The van der Waals surface area contributed by atoms with E-state index in [0.717, 1.165) is 16.7 Å². The van der Waals surface area contributed by atoms with Crippen LogP contribution in [-0.2, 0) is 0 Å². The fourth-order valence-corrected chi connectivity index (χ4v) is 4.13. The van der Waals surface area contributed by atoms with Gasteiger partial charge in [0.05, 0.1) is 20.8 Å². The largest absolute Gasteiger partial charge is 0.493 e. The smallest absolute Gasteiger partial charge is 0.230 e. The van der Waals surface area contributed by atoms with E-state index in [4.69, 9.17) is 24.9 Å². The van der Waals surface area contributed by atoms with Crippen LogP contribution in [0.2, 0.25) is 0 Å². The number of rotatable bonds is 7. The third-order valence-corrected chi connectivity index (χ3v) is 5.64. The van der Waals surface area contributed by atoms with Crippen molar-refractivity contribution in [1.82, 2.24) is 0 Å². The fraction of sp³-hybridized carbons (Fsp3) is 0.217. The number of fused-ring (bicyclic) bond motifs is 1. The highest BCUT2D eigenvalue weighted by molar-refractivity contribution is 5.58. The summed E-state index contributed by atoms with van der Waals surface area (Å²) in [5, 5.41) is 5.99. The van der Waals surface area contributed by atoms with Gasteiger partial charge in [0, 0.05) is 23.5 Å². The number of nitroso groups, excluding NO2 is 2. The lowest BCUT2D eigenvalue weighted by atomic mass is 9.75. The maximum atomic E-state index is 11.0. The molecule has 4 rings (SSSR count). The predicted molar refractivity (Wildman–Crippen MR) is 118 cm³/mol. The lowest BCUT2D eigenvalue weighted by Gasteiger charge is -2.35. The summed E-state index contributed by atoms with van der Waals surface area (Å²) in [6, 6.07) is 15.8. The summed E-state index contributed by atoms with van der Waals surface area (Å²) in [7, 11) is 3.04. The molecule has 0 spiro atoms. The number of methoxy groups -OCH3 is 2. The zero-order valence-corrected chi connectivity index (χ0v) is 17.5. The predicted octanol–water partition coefficient (Wildman–Crippen LogP) is 5.06. The van der Waals surface area contributed by atoms with Crippen molar-refractivity contribution >= 4 is 11.4 Å². The molecular formula is C23H21N3O6. The Bertz CT molecular complexity index is 1120. The van der Waals surface area contributed by atoms with Gasteiger partial charge in [0.1, 0.15) is 17.1 Å². The molecule has 9 nitrogen and oxygen atoms in total. The van der Waals surface area contributed by atoms with E-state index in [0.29, 0.717) is 29.5 Å². The van der Waals surface area contributed by atoms with Crippen molar-refractivity contribution < 1.29 is 19.0 Å². The molecule has 0 radical (unpaired) electrons. The van der Waals surface area contributed by atoms with Crippen LogP contribution in [-0.4, -0.2) is 20.8 Å². The zero-order valence-electron chi connectivity index (χ0n) is 17.5. The van der Waals surface area contributed by atoms with Crippen LogP contribution < -0.4 is 24.9 Å². The van der Waals surface area contributed by atoms with Crippen LogP contribution in [0, 0.1) is 9.81 Å². The van der Waals surface area contributed by atoms with E-state index in [1.54, 1.807) is 24.3 Å². The van der Waals surface area contributed by atoms with Crippen LogP contribution in [0.4, 0.5) is 11.4 Å². The summed E-state index contributed by atoms with van der Waals surface area (Å²) in [5.74, 6) is 6.83. The van der Waals surface area contributed by atoms with E-state index in [1.807, 2.05) is 30.3 Å². The summed E-state index contributed by atoms with van der Waals surface area (Å²) in [4.78, 5) is 26.9. The molecule has 2 N–H and O–H groups in total. The average molecular weight is 435 g/mol. The second kappa shape index (κ2) is 9.03. The number of nitrogens with two attached hydrogens (primary N) is 1. The van der Waals surface area contributed by atoms with Crippen LogP contribution in [0.15, 0.2) is 65.0 Å². The summed E-state index contributed by atoms with van der Waals surface area (Å²) < 4.78 is 17.0. The lowest BCUT2D eigenvalue weighted by molar-refractivity contribution is 0.247. The Balaban J connectivity index is 1.88. The minimum atomic E-state index is -0.154. The highest BCUT2D eigenvalue weighted by Gasteiger charge is 2.35. The summed E-state index contributed by atoms with van der Waals surface area (Å²) in [5.41, 5.74) is 3.35. The van der Waals surface area contributed by atoms with Gasteiger partial charge in [-0.3, -0.25) is 0 Å². The first kappa shape index (κ1) is 21.3. The van der Waals surface area contributed by atoms with Gasteiger partial charge in [0.15, 0.2) is 11.5 Å². The third-order valence-electron chi connectivity index (χ3n) is 5.64. The lowest BCUT2D eigenvalue weighted by Crippen LogP contribution is -2.25. The topological polar surface area (TPSA) is 122 Å². The molecule has 2 atom stereocenters. The van der Waals surface area contributed by atoms with Crippen molar-refractivity contribution in [3.8, 4) is 23.0 Å². The van der Waals surface area contributed by atoms with Crippen LogP contribution in [0.3, 0.4) is 0 Å². The van der Waals surface area contributed by atoms with Crippen LogP contribution in [0.25, 0.3) is 0 Å². The molecule has 0 saturated heterocycles. The summed E-state index contributed by atoms with van der Waals surface area (Å²) >= 11 is 0. The van der Waals surface area contributed by atoms with Gasteiger partial charge in [-0.05, 0) is 51.8 Å². The number of hydrogen-bond acceptors (Lipinski definition) is 9. The van der Waals surface area contributed by atoms with Gasteiger partial charge in [-0.15, -0.1) is 9.81 Å². The van der Waals surface area contributed by atoms with E-state index in [1.165, 1.54) is 14.2 Å². The molecule has 3 aromatic carbocycles. The van der Waals surface area contributed by atoms with E-state index >= 15 is 0 Å². The third kappa shape index (κ3) is 3.74. The SMILES string of the molecule is COc1cc(C2COc3cc(N=O)ccc3C2c2ccc(N=O)cc2)cc(OC)c1ON. The maximum Gasteiger partial charge on any atom is 0.230 e. The first-order chi connectivity index (χ1) is 15.6. The van der Waals surface area contributed by atoms with Crippen molar-refractivity contribution in [1.29, 1.82) is 0 Å². The second-order valence-electron chi connectivity index (χ2n) is 7.26. The number of hydrogen-bond donors (Lipinski definition) is 1. The molecule has 0 saturated carbocycles. The van der Waals surface area contributed by atoms with Crippen molar-refractivity contribution in [2.24, 2.45) is 16.3 Å². The highest BCUT2D eigenvalue weighted by atomic mass is 16.6. The van der Waals surface area contributed by atoms with Gasteiger partial charge in [0.2, 0.25) is 5.75 Å². The molecule has 1 aliphatic heterocycles. The quantitative estimate of drug-likeness (QED) is 0.406. The Morgan fingerprint density at radius 1 is 0.875 bits per heavy atom. The van der Waals surface area contributed by atoms with Crippen LogP contribution in [0.1, 0.15) is 28.5 Å². The molecule has 0 bridgehead atoms. The molecule has 1 aliphatic rings. The van der Waals surface area contributed by atoms with Crippen LogP contribution >= 0.6 is 0 Å². The molecule has 1 heterocycles. The highest BCUT2D eigenvalue weighted by Crippen LogP contribution is 2.49. The van der Waals surface area contributed by atoms with E-state index < -0.39 is 0 Å². The van der Waals surface area contributed by atoms with Gasteiger partial charge in [-0.25, -0.2) is 0 Å². The average Bonchev–Trinajstić information content (AvgIpc) is 2.86. The monoisotopic (exact) mass is 435 g/mol. The molecule has 0 aromatic heterocycles. The van der Waals surface area contributed by atoms with E-state index in [2.05, 4.69) is 10.4 Å². The Hall–Kier alpha value is -3.98. The fourth-order valence-electron chi connectivity index (χ4n) is 4.13. The molecule has 9 heteroatoms. The molecular weight excluding hydrogens is 414 g/mol. The van der Waals surface area contributed by atoms with Gasteiger partial charge < -0.3 is 19.0 Å². The van der Waals surface area contributed by atoms with Gasteiger partial charge in [0.25, 0.3) is 0 Å². The van der Waals surface area contributed by atoms with Crippen LogP contribution in [0.5, 0.6) is 23.0 Å². The van der Waals surface area contributed by atoms with Crippen molar-refractivity contribution in [2.75, 3.05) is 20.8 Å². The Kier molecular flexibility index (Phi) is 6.00. The van der Waals surface area contributed by atoms with Crippen molar-refractivity contribution in [2.45, 2.75) is 11.8 Å².